The Kier molecular flexibility index (Phi) is 6.63. The number of carbonyl (C=O) groups is 1. The van der Waals surface area contributed by atoms with Gasteiger partial charge in [0, 0.05) is 56.2 Å². The number of amides is 1. The van der Waals surface area contributed by atoms with Crippen molar-refractivity contribution in [2.75, 3.05) is 49.9 Å². The maximum Gasteiger partial charge on any atom is 0.407 e. The van der Waals surface area contributed by atoms with Crippen molar-refractivity contribution in [2.45, 2.75) is 32.8 Å². The summed E-state index contributed by atoms with van der Waals surface area (Å²) in [5.41, 5.74) is 5.98. The third-order valence-corrected chi connectivity index (χ3v) is 4.10. The van der Waals surface area contributed by atoms with Crippen LogP contribution in [-0.2, 0) is 4.74 Å². The number of nitrogens with zero attached hydrogens (tertiary/aromatic N) is 2. The number of carbonyl (C=O) groups excluding carboxylic acids is 1. The van der Waals surface area contributed by atoms with E-state index in [0.717, 1.165) is 13.1 Å². The number of hydrogen-bond donors (Lipinski definition) is 2. The van der Waals surface area contributed by atoms with E-state index in [9.17, 15) is 13.6 Å². The Hall–Kier alpha value is -2.09. The van der Waals surface area contributed by atoms with E-state index in [2.05, 4.69) is 10.2 Å². The Morgan fingerprint density at radius 2 is 1.92 bits per heavy atom. The van der Waals surface area contributed by atoms with Gasteiger partial charge in [-0.15, -0.1) is 0 Å². The molecule has 0 radical (unpaired) electrons. The number of alkyl carbamates (subject to hydrolysis) is 1. The molecule has 1 aliphatic heterocycles. The molecular weight excluding hydrogens is 342 g/mol. The fourth-order valence-electron chi connectivity index (χ4n) is 2.88. The van der Waals surface area contributed by atoms with E-state index >= 15 is 0 Å². The highest BCUT2D eigenvalue weighted by molar-refractivity contribution is 5.67. The van der Waals surface area contributed by atoms with Crippen molar-refractivity contribution in [1.29, 1.82) is 0 Å². The first kappa shape index (κ1) is 20.2. The molecule has 1 aromatic rings. The highest BCUT2D eigenvalue weighted by atomic mass is 19.3. The zero-order chi connectivity index (χ0) is 19.3. The molecule has 1 fully saturated rings. The van der Waals surface area contributed by atoms with Crippen molar-refractivity contribution in [1.82, 2.24) is 10.2 Å². The number of hydrogen-bond acceptors (Lipinski definition) is 5. The summed E-state index contributed by atoms with van der Waals surface area (Å²) in [6.07, 6.45) is -2.98. The standard InChI is InChI=1S/C18H28F2N4O2/c1-18(2,3)26-17(25)22-6-7-23-8-10-24(11-9-23)15-5-4-13(21)12-14(15)16(19)20/h4-5,12,16H,6-11,21H2,1-3H3,(H,22,25). The van der Waals surface area contributed by atoms with Crippen LogP contribution < -0.4 is 16.0 Å². The summed E-state index contributed by atoms with van der Waals surface area (Å²) in [5, 5.41) is 2.73. The Morgan fingerprint density at radius 3 is 2.50 bits per heavy atom. The first-order chi connectivity index (χ1) is 12.2. The molecule has 6 nitrogen and oxygen atoms in total. The molecule has 1 amide bonds. The number of nitrogens with two attached hydrogens (primary N) is 1. The summed E-state index contributed by atoms with van der Waals surface area (Å²) in [6, 6.07) is 4.66. The van der Waals surface area contributed by atoms with Crippen LogP contribution in [0.3, 0.4) is 0 Å². The molecule has 0 spiro atoms. The average Bonchev–Trinajstić information content (AvgIpc) is 2.54. The molecule has 1 saturated heterocycles. The molecule has 146 valence electrons. The van der Waals surface area contributed by atoms with Gasteiger partial charge in [-0.05, 0) is 39.0 Å². The first-order valence-electron chi connectivity index (χ1n) is 8.77. The van der Waals surface area contributed by atoms with Gasteiger partial charge in [0.05, 0.1) is 0 Å². The minimum absolute atomic E-state index is 0.0231. The lowest BCUT2D eigenvalue weighted by Gasteiger charge is -2.37. The zero-order valence-electron chi connectivity index (χ0n) is 15.6. The highest BCUT2D eigenvalue weighted by Crippen LogP contribution is 2.32. The molecule has 0 bridgehead atoms. The number of nitrogens with one attached hydrogen (secondary N) is 1. The van der Waals surface area contributed by atoms with Crippen molar-refractivity contribution in [3.8, 4) is 0 Å². The number of piperazine rings is 1. The number of halogens is 2. The van der Waals surface area contributed by atoms with Gasteiger partial charge < -0.3 is 20.7 Å². The lowest BCUT2D eigenvalue weighted by atomic mass is 10.1. The first-order valence-corrected chi connectivity index (χ1v) is 8.77. The van der Waals surface area contributed by atoms with Crippen LogP contribution in [0.25, 0.3) is 0 Å². The molecule has 0 unspecified atom stereocenters. The third-order valence-electron chi connectivity index (χ3n) is 4.10. The van der Waals surface area contributed by atoms with E-state index in [1.54, 1.807) is 12.1 Å². The van der Waals surface area contributed by atoms with Crippen LogP contribution in [0.5, 0.6) is 0 Å². The molecule has 1 heterocycles. The summed E-state index contributed by atoms with van der Waals surface area (Å²) < 4.78 is 31.7. The largest absolute Gasteiger partial charge is 0.444 e. The van der Waals surface area contributed by atoms with E-state index in [-0.39, 0.29) is 5.56 Å². The van der Waals surface area contributed by atoms with Crippen LogP contribution in [0.4, 0.5) is 25.0 Å². The molecule has 0 atom stereocenters. The molecule has 8 heteroatoms. The number of anilines is 2. The van der Waals surface area contributed by atoms with Crippen molar-refractivity contribution in [3.63, 3.8) is 0 Å². The fourth-order valence-corrected chi connectivity index (χ4v) is 2.88. The second kappa shape index (κ2) is 8.53. The van der Waals surface area contributed by atoms with Gasteiger partial charge >= 0.3 is 6.09 Å². The predicted octanol–water partition coefficient (Wildman–Crippen LogP) is 2.85. The molecule has 2 rings (SSSR count). The molecule has 0 aliphatic carbocycles. The molecule has 1 aliphatic rings. The Labute approximate surface area is 153 Å². The smallest absolute Gasteiger partial charge is 0.407 e. The molecular formula is C18H28F2N4O2. The van der Waals surface area contributed by atoms with Crippen LogP contribution in [0.2, 0.25) is 0 Å². The molecule has 3 N–H and O–H groups in total. The quantitative estimate of drug-likeness (QED) is 0.780. The van der Waals surface area contributed by atoms with Crippen molar-refractivity contribution in [3.05, 3.63) is 23.8 Å². The normalized spacial score (nSPS) is 16.0. The number of alkyl halides is 2. The molecule has 1 aromatic carbocycles. The minimum Gasteiger partial charge on any atom is -0.444 e. The number of nitrogen functional groups attached to an aromatic ring is 1. The van der Waals surface area contributed by atoms with Gasteiger partial charge in [-0.25, -0.2) is 13.6 Å². The molecule has 0 saturated carbocycles. The maximum atomic E-state index is 13.3. The second-order valence-electron chi connectivity index (χ2n) is 7.38. The van der Waals surface area contributed by atoms with Gasteiger partial charge in [0.2, 0.25) is 0 Å². The van der Waals surface area contributed by atoms with E-state index in [1.165, 1.54) is 6.07 Å². The SMILES string of the molecule is CC(C)(C)OC(=O)NCCN1CCN(c2ccc(N)cc2C(F)F)CC1. The minimum atomic E-state index is -2.55. The Bertz CT molecular complexity index is 612. The summed E-state index contributed by atoms with van der Waals surface area (Å²) in [4.78, 5) is 15.8. The summed E-state index contributed by atoms with van der Waals surface area (Å²) >= 11 is 0. The van der Waals surface area contributed by atoms with Crippen LogP contribution in [0, 0.1) is 0 Å². The monoisotopic (exact) mass is 370 g/mol. The van der Waals surface area contributed by atoms with E-state index in [1.807, 2.05) is 25.7 Å². The summed E-state index contributed by atoms with van der Waals surface area (Å²) in [6.45, 7) is 9.40. The third kappa shape index (κ3) is 6.01. The van der Waals surface area contributed by atoms with Gasteiger partial charge in [0.1, 0.15) is 5.60 Å². The van der Waals surface area contributed by atoms with Gasteiger partial charge in [-0.3, -0.25) is 4.90 Å². The van der Waals surface area contributed by atoms with Crippen molar-refractivity contribution in [2.24, 2.45) is 0 Å². The number of benzene rings is 1. The van der Waals surface area contributed by atoms with E-state index < -0.39 is 18.1 Å². The lowest BCUT2D eigenvalue weighted by Crippen LogP contribution is -2.49. The topological polar surface area (TPSA) is 70.8 Å². The highest BCUT2D eigenvalue weighted by Gasteiger charge is 2.22. The van der Waals surface area contributed by atoms with Gasteiger partial charge in [0.15, 0.2) is 0 Å². The van der Waals surface area contributed by atoms with Gasteiger partial charge in [-0.1, -0.05) is 0 Å². The van der Waals surface area contributed by atoms with Crippen LogP contribution in [-0.4, -0.2) is 55.9 Å². The van der Waals surface area contributed by atoms with Crippen molar-refractivity contribution < 1.29 is 18.3 Å². The van der Waals surface area contributed by atoms with Gasteiger partial charge in [-0.2, -0.15) is 0 Å². The number of ether oxygens (including phenoxy) is 1. The van der Waals surface area contributed by atoms with Gasteiger partial charge in [0.25, 0.3) is 6.43 Å². The Morgan fingerprint density at radius 1 is 1.27 bits per heavy atom. The zero-order valence-corrected chi connectivity index (χ0v) is 15.6. The van der Waals surface area contributed by atoms with Crippen LogP contribution >= 0.6 is 0 Å². The fraction of sp³-hybridized carbons (Fsp3) is 0.611. The second-order valence-corrected chi connectivity index (χ2v) is 7.38. The average molecular weight is 370 g/mol. The Balaban J connectivity index is 1.80. The summed E-state index contributed by atoms with van der Waals surface area (Å²) in [7, 11) is 0. The van der Waals surface area contributed by atoms with Crippen molar-refractivity contribution >= 4 is 17.5 Å². The van der Waals surface area contributed by atoms with Crippen LogP contribution in [0.15, 0.2) is 18.2 Å². The summed E-state index contributed by atoms with van der Waals surface area (Å²) in [5.74, 6) is 0. The molecule has 26 heavy (non-hydrogen) atoms. The van der Waals surface area contributed by atoms with Crippen LogP contribution in [0.1, 0.15) is 32.8 Å². The molecule has 0 aromatic heterocycles. The lowest BCUT2D eigenvalue weighted by molar-refractivity contribution is 0.0521. The predicted molar refractivity (Wildman–Crippen MR) is 98.7 cm³/mol. The van der Waals surface area contributed by atoms with E-state index in [4.69, 9.17) is 10.5 Å². The van der Waals surface area contributed by atoms with E-state index in [0.29, 0.717) is 37.6 Å². The maximum absolute atomic E-state index is 13.3. The number of rotatable bonds is 5.